The van der Waals surface area contributed by atoms with Gasteiger partial charge >= 0.3 is 0 Å². The molecule has 1 aliphatic heterocycles. The molecule has 1 aromatic rings. The summed E-state index contributed by atoms with van der Waals surface area (Å²) in [5.74, 6) is 1.60. The van der Waals surface area contributed by atoms with Crippen LogP contribution in [0.2, 0.25) is 5.02 Å². The first-order valence-corrected chi connectivity index (χ1v) is 7.46. The number of nitrogens with zero attached hydrogens (tertiary/aromatic N) is 1. The molecule has 1 saturated carbocycles. The van der Waals surface area contributed by atoms with Crippen molar-refractivity contribution >= 4 is 11.6 Å². The molecule has 0 radical (unpaired) electrons. The van der Waals surface area contributed by atoms with Gasteiger partial charge in [0.2, 0.25) is 0 Å². The Morgan fingerprint density at radius 1 is 1.32 bits per heavy atom. The topological polar surface area (TPSA) is 49.5 Å². The first-order valence-electron chi connectivity index (χ1n) is 7.09. The van der Waals surface area contributed by atoms with Gasteiger partial charge in [0, 0.05) is 25.7 Å². The summed E-state index contributed by atoms with van der Waals surface area (Å²) in [5, 5.41) is 9.88. The lowest BCUT2D eigenvalue weighted by atomic mass is 9.78. The largest absolute Gasteiger partial charge is 0.506 e. The zero-order valence-electron chi connectivity index (χ0n) is 11.1. The Labute approximate surface area is 119 Å². The summed E-state index contributed by atoms with van der Waals surface area (Å²) < 4.78 is 0. The first-order chi connectivity index (χ1) is 9.13. The number of hydrogen-bond acceptors (Lipinski definition) is 3. The van der Waals surface area contributed by atoms with Crippen LogP contribution in [0.5, 0.6) is 5.75 Å². The van der Waals surface area contributed by atoms with Crippen molar-refractivity contribution in [2.24, 2.45) is 17.6 Å². The summed E-state index contributed by atoms with van der Waals surface area (Å²) in [5.41, 5.74) is 7.40. The summed E-state index contributed by atoms with van der Waals surface area (Å²) in [6, 6.07) is 5.86. The van der Waals surface area contributed by atoms with E-state index in [0.717, 1.165) is 31.1 Å². The minimum absolute atomic E-state index is 0.155. The minimum atomic E-state index is 0.155. The molecular weight excluding hydrogens is 260 g/mol. The Morgan fingerprint density at radius 3 is 2.89 bits per heavy atom. The van der Waals surface area contributed by atoms with E-state index in [9.17, 15) is 5.11 Å². The molecule has 0 bridgehead atoms. The Bertz CT molecular complexity index is 465. The highest BCUT2D eigenvalue weighted by Crippen LogP contribution is 2.36. The van der Waals surface area contributed by atoms with Gasteiger partial charge in [0.25, 0.3) is 0 Å². The maximum Gasteiger partial charge on any atom is 0.134 e. The number of likely N-dealkylation sites (tertiary alicyclic amines) is 1. The van der Waals surface area contributed by atoms with Crippen LogP contribution in [0.15, 0.2) is 18.2 Å². The van der Waals surface area contributed by atoms with E-state index in [0.29, 0.717) is 17.0 Å². The zero-order valence-corrected chi connectivity index (χ0v) is 11.8. The quantitative estimate of drug-likeness (QED) is 0.875. The molecule has 104 valence electrons. The van der Waals surface area contributed by atoms with Gasteiger partial charge in [-0.15, -0.1) is 0 Å². The van der Waals surface area contributed by atoms with Crippen LogP contribution in [0, 0.1) is 11.8 Å². The average Bonchev–Trinajstić information content (AvgIpc) is 2.78. The van der Waals surface area contributed by atoms with Gasteiger partial charge in [-0.25, -0.2) is 0 Å². The standard InChI is InChI=1S/C15H21ClN2O/c16-13-6-10(4-5-15(13)19)7-18-8-11-2-1-3-14(17)12(11)9-18/h4-6,11-12,14,19H,1-3,7-9,17H2. The highest BCUT2D eigenvalue weighted by Gasteiger charge is 2.38. The van der Waals surface area contributed by atoms with E-state index in [1.54, 1.807) is 6.07 Å². The molecule has 3 nitrogen and oxygen atoms in total. The van der Waals surface area contributed by atoms with Crippen molar-refractivity contribution in [1.29, 1.82) is 0 Å². The van der Waals surface area contributed by atoms with Crippen LogP contribution in [-0.4, -0.2) is 29.1 Å². The Balaban J connectivity index is 1.66. The van der Waals surface area contributed by atoms with Crippen molar-refractivity contribution < 1.29 is 5.11 Å². The van der Waals surface area contributed by atoms with Crippen molar-refractivity contribution in [2.75, 3.05) is 13.1 Å². The fraction of sp³-hybridized carbons (Fsp3) is 0.600. The van der Waals surface area contributed by atoms with E-state index in [4.69, 9.17) is 17.3 Å². The summed E-state index contributed by atoms with van der Waals surface area (Å²) >= 11 is 5.96. The Morgan fingerprint density at radius 2 is 2.16 bits per heavy atom. The molecule has 1 aromatic carbocycles. The van der Waals surface area contributed by atoms with Gasteiger partial charge in [-0.3, -0.25) is 4.90 Å². The monoisotopic (exact) mass is 280 g/mol. The molecular formula is C15H21ClN2O. The van der Waals surface area contributed by atoms with Gasteiger partial charge in [-0.1, -0.05) is 24.1 Å². The van der Waals surface area contributed by atoms with Crippen molar-refractivity contribution in [1.82, 2.24) is 4.90 Å². The molecule has 3 unspecified atom stereocenters. The summed E-state index contributed by atoms with van der Waals surface area (Å²) in [7, 11) is 0. The molecule has 0 spiro atoms. The molecule has 4 heteroatoms. The average molecular weight is 281 g/mol. The lowest BCUT2D eigenvalue weighted by molar-refractivity contribution is 0.259. The molecule has 0 aromatic heterocycles. The smallest absolute Gasteiger partial charge is 0.134 e. The first kappa shape index (κ1) is 13.2. The van der Waals surface area contributed by atoms with E-state index in [1.807, 2.05) is 12.1 Å². The molecule has 19 heavy (non-hydrogen) atoms. The van der Waals surface area contributed by atoms with Gasteiger partial charge in [0.15, 0.2) is 0 Å². The molecule has 3 rings (SSSR count). The Kier molecular flexibility index (Phi) is 3.70. The van der Waals surface area contributed by atoms with Crippen LogP contribution in [0.25, 0.3) is 0 Å². The lowest BCUT2D eigenvalue weighted by Crippen LogP contribution is -2.38. The number of fused-ring (bicyclic) bond motifs is 1. The number of rotatable bonds is 2. The van der Waals surface area contributed by atoms with Gasteiger partial charge in [-0.05, 0) is 42.4 Å². The van der Waals surface area contributed by atoms with E-state index in [-0.39, 0.29) is 5.75 Å². The molecule has 1 aliphatic carbocycles. The SMILES string of the molecule is NC1CCCC2CN(Cc3ccc(O)c(Cl)c3)CC12. The molecule has 0 amide bonds. The van der Waals surface area contributed by atoms with Crippen LogP contribution in [0.4, 0.5) is 0 Å². The van der Waals surface area contributed by atoms with Crippen LogP contribution >= 0.6 is 11.6 Å². The summed E-state index contributed by atoms with van der Waals surface area (Å²) in [4.78, 5) is 2.48. The predicted octanol–water partition coefficient (Wildman–Crippen LogP) is 2.60. The Hall–Kier alpha value is -0.770. The fourth-order valence-electron chi connectivity index (χ4n) is 3.65. The fourth-order valence-corrected chi connectivity index (χ4v) is 3.85. The van der Waals surface area contributed by atoms with Crippen LogP contribution in [0.1, 0.15) is 24.8 Å². The molecule has 2 fully saturated rings. The van der Waals surface area contributed by atoms with E-state index < -0.39 is 0 Å². The zero-order chi connectivity index (χ0) is 13.4. The predicted molar refractivity (Wildman–Crippen MR) is 77.2 cm³/mol. The molecule has 2 aliphatic rings. The molecule has 3 N–H and O–H groups in total. The van der Waals surface area contributed by atoms with E-state index in [2.05, 4.69) is 4.90 Å². The molecule has 3 atom stereocenters. The maximum absolute atomic E-state index is 9.45. The normalized spacial score (nSPS) is 31.4. The van der Waals surface area contributed by atoms with Crippen molar-refractivity contribution in [3.63, 3.8) is 0 Å². The highest BCUT2D eigenvalue weighted by atomic mass is 35.5. The highest BCUT2D eigenvalue weighted by molar-refractivity contribution is 6.32. The van der Waals surface area contributed by atoms with Gasteiger partial charge in [0.05, 0.1) is 5.02 Å². The number of benzene rings is 1. The number of phenols is 1. The van der Waals surface area contributed by atoms with E-state index in [1.165, 1.54) is 19.3 Å². The van der Waals surface area contributed by atoms with Crippen molar-refractivity contribution in [2.45, 2.75) is 31.8 Å². The number of phenolic OH excluding ortho intramolecular Hbond substituents is 1. The third-order valence-electron chi connectivity index (χ3n) is 4.65. The van der Waals surface area contributed by atoms with Crippen molar-refractivity contribution in [3.05, 3.63) is 28.8 Å². The van der Waals surface area contributed by atoms with E-state index >= 15 is 0 Å². The number of aromatic hydroxyl groups is 1. The second-order valence-corrected chi connectivity index (χ2v) is 6.41. The van der Waals surface area contributed by atoms with Gasteiger partial charge in [-0.2, -0.15) is 0 Å². The number of halogens is 1. The second kappa shape index (κ2) is 5.31. The third-order valence-corrected chi connectivity index (χ3v) is 4.95. The minimum Gasteiger partial charge on any atom is -0.506 e. The summed E-state index contributed by atoms with van der Waals surface area (Å²) in [6.07, 6.45) is 3.78. The number of hydrogen-bond donors (Lipinski definition) is 2. The van der Waals surface area contributed by atoms with Crippen molar-refractivity contribution in [3.8, 4) is 5.75 Å². The van der Waals surface area contributed by atoms with Gasteiger partial charge < -0.3 is 10.8 Å². The van der Waals surface area contributed by atoms with Crippen LogP contribution in [0.3, 0.4) is 0 Å². The molecule has 1 heterocycles. The van der Waals surface area contributed by atoms with Crippen LogP contribution in [-0.2, 0) is 6.54 Å². The number of nitrogens with two attached hydrogens (primary N) is 1. The summed E-state index contributed by atoms with van der Waals surface area (Å²) in [6.45, 7) is 3.15. The third kappa shape index (κ3) is 2.73. The van der Waals surface area contributed by atoms with Crippen LogP contribution < -0.4 is 5.73 Å². The van der Waals surface area contributed by atoms with Gasteiger partial charge in [0.1, 0.15) is 5.75 Å². The second-order valence-electron chi connectivity index (χ2n) is 6.00. The maximum atomic E-state index is 9.45. The molecule has 1 saturated heterocycles. The lowest BCUT2D eigenvalue weighted by Gasteiger charge is -2.29.